The fraction of sp³-hybridized carbons (Fsp3) is 0.636. The lowest BCUT2D eigenvalue weighted by Crippen LogP contribution is -2.47. The van der Waals surface area contributed by atoms with Gasteiger partial charge in [-0.2, -0.15) is 0 Å². The highest BCUT2D eigenvalue weighted by Gasteiger charge is 2.29. The number of carbonyl (C=O) groups is 2. The number of nitrogens with one attached hydrogen (secondary N) is 1. The lowest BCUT2D eigenvalue weighted by molar-refractivity contribution is -0.138. The molecular formula is C22H32FN3O3. The van der Waals surface area contributed by atoms with Crippen LogP contribution < -0.4 is 5.32 Å². The molecule has 0 saturated carbocycles. The first-order valence-corrected chi connectivity index (χ1v) is 10.7. The molecule has 1 N–H and O–H groups in total. The van der Waals surface area contributed by atoms with Gasteiger partial charge in [-0.3, -0.25) is 14.5 Å². The quantitative estimate of drug-likeness (QED) is 0.637. The van der Waals surface area contributed by atoms with E-state index < -0.39 is 0 Å². The molecule has 2 aliphatic heterocycles. The molecule has 0 aliphatic carbocycles. The predicted molar refractivity (Wildman–Crippen MR) is 109 cm³/mol. The third-order valence-corrected chi connectivity index (χ3v) is 5.73. The highest BCUT2D eigenvalue weighted by atomic mass is 19.1. The lowest BCUT2D eigenvalue weighted by Gasteiger charge is -2.33. The van der Waals surface area contributed by atoms with Crippen molar-refractivity contribution in [3.63, 3.8) is 0 Å². The van der Waals surface area contributed by atoms with Gasteiger partial charge in [0.05, 0.1) is 19.1 Å². The second kappa shape index (κ2) is 11.3. The molecule has 0 aromatic heterocycles. The molecule has 0 spiro atoms. The highest BCUT2D eigenvalue weighted by molar-refractivity contribution is 5.83. The van der Waals surface area contributed by atoms with Crippen LogP contribution in [0.2, 0.25) is 0 Å². The van der Waals surface area contributed by atoms with E-state index in [-0.39, 0.29) is 23.5 Å². The third-order valence-electron chi connectivity index (χ3n) is 5.73. The Morgan fingerprint density at radius 3 is 2.66 bits per heavy atom. The molecule has 160 valence electrons. The highest BCUT2D eigenvalue weighted by Crippen LogP contribution is 2.18. The third kappa shape index (κ3) is 7.08. The SMILES string of the molecule is O=C(NCCCc1ccc(F)cc1)[C@H]1CCC(=O)N(CCCN2CCOCC2)C1. The Morgan fingerprint density at radius 1 is 1.14 bits per heavy atom. The van der Waals surface area contributed by atoms with Crippen LogP contribution in [0.4, 0.5) is 4.39 Å². The summed E-state index contributed by atoms with van der Waals surface area (Å²) in [6.45, 7) is 6.27. The second-order valence-electron chi connectivity index (χ2n) is 7.90. The Labute approximate surface area is 172 Å². The zero-order valence-electron chi connectivity index (χ0n) is 17.1. The van der Waals surface area contributed by atoms with Crippen molar-refractivity contribution in [3.05, 3.63) is 35.6 Å². The Bertz CT molecular complexity index is 662. The van der Waals surface area contributed by atoms with Crippen LogP contribution in [0.25, 0.3) is 0 Å². The van der Waals surface area contributed by atoms with Crippen LogP contribution in [0.15, 0.2) is 24.3 Å². The Morgan fingerprint density at radius 2 is 1.90 bits per heavy atom. The number of morpholine rings is 1. The lowest BCUT2D eigenvalue weighted by atomic mass is 9.96. The molecule has 0 unspecified atom stereocenters. The molecule has 29 heavy (non-hydrogen) atoms. The minimum absolute atomic E-state index is 0.0368. The van der Waals surface area contributed by atoms with E-state index in [0.717, 1.165) is 57.7 Å². The first-order valence-electron chi connectivity index (χ1n) is 10.7. The molecule has 7 heteroatoms. The van der Waals surface area contributed by atoms with Gasteiger partial charge in [0.25, 0.3) is 0 Å². The molecule has 0 radical (unpaired) electrons. The smallest absolute Gasteiger partial charge is 0.224 e. The summed E-state index contributed by atoms with van der Waals surface area (Å²) in [5, 5.41) is 3.00. The first-order chi connectivity index (χ1) is 14.1. The molecule has 2 heterocycles. The van der Waals surface area contributed by atoms with Gasteiger partial charge in [-0.05, 0) is 43.4 Å². The van der Waals surface area contributed by atoms with Crippen molar-refractivity contribution in [2.75, 3.05) is 52.5 Å². The van der Waals surface area contributed by atoms with Gasteiger partial charge in [-0.1, -0.05) is 12.1 Å². The maximum Gasteiger partial charge on any atom is 0.224 e. The maximum absolute atomic E-state index is 12.9. The Balaban J connectivity index is 1.34. The molecule has 2 amide bonds. The normalized spacial score (nSPS) is 20.7. The summed E-state index contributed by atoms with van der Waals surface area (Å²) >= 11 is 0. The van der Waals surface area contributed by atoms with E-state index in [0.29, 0.717) is 32.5 Å². The summed E-state index contributed by atoms with van der Waals surface area (Å²) in [4.78, 5) is 28.9. The van der Waals surface area contributed by atoms with Gasteiger partial charge in [0.1, 0.15) is 5.82 Å². The van der Waals surface area contributed by atoms with Crippen LogP contribution in [0.5, 0.6) is 0 Å². The van der Waals surface area contributed by atoms with Crippen molar-refractivity contribution in [2.24, 2.45) is 5.92 Å². The largest absolute Gasteiger partial charge is 0.379 e. The van der Waals surface area contributed by atoms with Crippen LogP contribution in [-0.4, -0.2) is 74.1 Å². The number of ether oxygens (including phenoxy) is 1. The minimum atomic E-state index is -0.233. The first kappa shape index (κ1) is 21.7. The number of benzene rings is 1. The van der Waals surface area contributed by atoms with Crippen molar-refractivity contribution in [1.29, 1.82) is 0 Å². The standard InChI is InChI=1S/C22H32FN3O3/c23-20-7-4-18(5-8-20)3-1-10-24-22(28)19-6-9-21(27)26(17-19)12-2-11-25-13-15-29-16-14-25/h4-5,7-8,19H,1-3,6,9-17H2,(H,24,28)/t19-/m0/s1. The molecule has 1 aromatic rings. The summed E-state index contributed by atoms with van der Waals surface area (Å²) in [6.07, 6.45) is 3.62. The topological polar surface area (TPSA) is 61.9 Å². The summed E-state index contributed by atoms with van der Waals surface area (Å²) in [5.41, 5.74) is 1.07. The predicted octanol–water partition coefficient (Wildman–Crippen LogP) is 1.84. The van der Waals surface area contributed by atoms with Gasteiger partial charge < -0.3 is 15.0 Å². The zero-order chi connectivity index (χ0) is 20.5. The number of hydrogen-bond acceptors (Lipinski definition) is 4. The molecule has 3 rings (SSSR count). The second-order valence-corrected chi connectivity index (χ2v) is 7.90. The fourth-order valence-corrected chi connectivity index (χ4v) is 3.95. The molecule has 2 fully saturated rings. The summed E-state index contributed by atoms with van der Waals surface area (Å²) < 4.78 is 18.3. The monoisotopic (exact) mass is 405 g/mol. The van der Waals surface area contributed by atoms with E-state index in [9.17, 15) is 14.0 Å². The van der Waals surface area contributed by atoms with E-state index in [2.05, 4.69) is 10.2 Å². The van der Waals surface area contributed by atoms with Gasteiger partial charge in [0, 0.05) is 45.7 Å². The van der Waals surface area contributed by atoms with Crippen molar-refractivity contribution in [2.45, 2.75) is 32.1 Å². The number of piperidine rings is 1. The van der Waals surface area contributed by atoms with Gasteiger partial charge in [0.2, 0.25) is 11.8 Å². The van der Waals surface area contributed by atoms with Crippen molar-refractivity contribution in [3.8, 4) is 0 Å². The summed E-state index contributed by atoms with van der Waals surface area (Å²) in [6, 6.07) is 6.47. The van der Waals surface area contributed by atoms with E-state index in [1.807, 2.05) is 4.90 Å². The van der Waals surface area contributed by atoms with Gasteiger partial charge in [-0.15, -0.1) is 0 Å². The van der Waals surface area contributed by atoms with Gasteiger partial charge in [-0.25, -0.2) is 4.39 Å². The van der Waals surface area contributed by atoms with Crippen LogP contribution in [0, 0.1) is 11.7 Å². The molecule has 1 aromatic carbocycles. The molecule has 0 bridgehead atoms. The van der Waals surface area contributed by atoms with Crippen molar-refractivity contribution in [1.82, 2.24) is 15.1 Å². The van der Waals surface area contributed by atoms with E-state index in [1.54, 1.807) is 12.1 Å². The number of likely N-dealkylation sites (tertiary alicyclic amines) is 1. The van der Waals surface area contributed by atoms with Crippen LogP contribution >= 0.6 is 0 Å². The number of amides is 2. The number of carbonyl (C=O) groups excluding carboxylic acids is 2. The summed E-state index contributed by atoms with van der Waals surface area (Å²) in [5.74, 6) is -0.160. The number of halogens is 1. The average molecular weight is 406 g/mol. The molecular weight excluding hydrogens is 373 g/mol. The zero-order valence-corrected chi connectivity index (χ0v) is 17.1. The maximum atomic E-state index is 12.9. The van der Waals surface area contributed by atoms with Crippen LogP contribution in [-0.2, 0) is 20.7 Å². The van der Waals surface area contributed by atoms with Gasteiger partial charge in [0.15, 0.2) is 0 Å². The van der Waals surface area contributed by atoms with E-state index in [4.69, 9.17) is 4.74 Å². The Kier molecular flexibility index (Phi) is 8.43. The molecule has 1 atom stereocenters. The molecule has 2 aliphatic rings. The summed E-state index contributed by atoms with van der Waals surface area (Å²) in [7, 11) is 0. The number of aryl methyl sites for hydroxylation is 1. The minimum Gasteiger partial charge on any atom is -0.379 e. The van der Waals surface area contributed by atoms with Crippen LogP contribution in [0.1, 0.15) is 31.2 Å². The number of hydrogen-bond donors (Lipinski definition) is 1. The molecule has 2 saturated heterocycles. The van der Waals surface area contributed by atoms with Crippen molar-refractivity contribution < 1.29 is 18.7 Å². The number of rotatable bonds is 9. The fourth-order valence-electron chi connectivity index (χ4n) is 3.95. The van der Waals surface area contributed by atoms with E-state index >= 15 is 0 Å². The van der Waals surface area contributed by atoms with Crippen LogP contribution in [0.3, 0.4) is 0 Å². The molecule has 6 nitrogen and oxygen atoms in total. The average Bonchev–Trinajstić information content (AvgIpc) is 2.74. The van der Waals surface area contributed by atoms with Gasteiger partial charge >= 0.3 is 0 Å². The number of nitrogens with zero attached hydrogens (tertiary/aromatic N) is 2. The van der Waals surface area contributed by atoms with Crippen molar-refractivity contribution >= 4 is 11.8 Å². The van der Waals surface area contributed by atoms with E-state index in [1.165, 1.54) is 12.1 Å². The Hall–Kier alpha value is -1.99.